The third-order valence-corrected chi connectivity index (χ3v) is 43.0. The average molecular weight is 800 g/mol. The van der Waals surface area contributed by atoms with Crippen molar-refractivity contribution >= 4 is 59.9 Å². The Morgan fingerprint density at radius 1 is 0.245 bits per heavy atom. The summed E-state index contributed by atoms with van der Waals surface area (Å²) in [5.74, 6) is 0. The zero-order valence-corrected chi connectivity index (χ0v) is 40.4. The minimum atomic E-state index is -3.42. The van der Waals surface area contributed by atoms with E-state index in [1.165, 1.54) is 0 Å². The molecule has 1 aliphatic rings. The molecule has 0 atom stereocenters. The normalized spacial score (nSPS) is 37.0. The molecule has 1 rings (SSSR count). The van der Waals surface area contributed by atoms with Gasteiger partial charge in [-0.3, -0.25) is 0 Å². The van der Waals surface area contributed by atoms with Gasteiger partial charge in [0, 0.05) is 0 Å². The first-order chi connectivity index (χ1) is 22.5. The van der Waals surface area contributed by atoms with E-state index in [1.54, 1.807) is 0 Å². The summed E-state index contributed by atoms with van der Waals surface area (Å²) in [6.45, 7) is 60.2. The van der Waals surface area contributed by atoms with Crippen LogP contribution in [0.5, 0.6) is 0 Å². The monoisotopic (exact) mass is 798 g/mol. The largest absolute Gasteiger partial charge is 0.409 e. The minimum absolute atomic E-state index is 0.0706. The second kappa shape index (κ2) is 17.5. The van der Waals surface area contributed by atoms with Gasteiger partial charge in [0.1, 0.15) is 0 Å². The molecule has 14 heteroatoms. The molecule has 0 aliphatic carbocycles. The standard InChI is InChI=1S/C35H70O7Si7/c1-22-43(29(8)9)36-44(23-2,30(10)11)38-46(25-4,32(14)15)40-48(27-6,34(18)19)42-49(28-7,35(20)21)41-47(26-5,33(16)17)39-45(24-3,37-43)31(12)13/h22-35H,1-7H2,8-21H3. The third-order valence-electron chi connectivity index (χ3n) is 9.86. The maximum absolute atomic E-state index is 7.53. The van der Waals surface area contributed by atoms with Crippen molar-refractivity contribution < 1.29 is 28.8 Å². The van der Waals surface area contributed by atoms with Crippen molar-refractivity contribution in [2.24, 2.45) is 0 Å². The highest BCUT2D eigenvalue weighted by molar-refractivity contribution is 7.01. The average Bonchev–Trinajstić information content (AvgIpc) is 3.04. The Labute approximate surface area is 309 Å². The molecule has 49 heavy (non-hydrogen) atoms. The molecule has 0 aromatic carbocycles. The van der Waals surface area contributed by atoms with E-state index in [-0.39, 0.29) is 38.8 Å². The van der Waals surface area contributed by atoms with Gasteiger partial charge in [0.25, 0.3) is 0 Å². The summed E-state index contributed by atoms with van der Waals surface area (Å²) in [6, 6.07) is 0. The Balaban J connectivity index is 4.76. The molecule has 1 aliphatic heterocycles. The van der Waals surface area contributed by atoms with E-state index in [1.807, 2.05) is 39.9 Å². The van der Waals surface area contributed by atoms with Crippen molar-refractivity contribution in [1.82, 2.24) is 0 Å². The lowest BCUT2D eigenvalue weighted by Gasteiger charge is -2.54. The first-order valence-corrected chi connectivity index (χ1v) is 31.6. The van der Waals surface area contributed by atoms with E-state index in [0.717, 1.165) is 0 Å². The van der Waals surface area contributed by atoms with Gasteiger partial charge in [-0.1, -0.05) is 137 Å². The number of hydrogen-bond acceptors (Lipinski definition) is 7. The lowest BCUT2D eigenvalue weighted by molar-refractivity contribution is 0.218. The van der Waals surface area contributed by atoms with Crippen molar-refractivity contribution in [1.29, 1.82) is 0 Å². The first kappa shape index (κ1) is 46.4. The van der Waals surface area contributed by atoms with Crippen LogP contribution in [0, 0.1) is 0 Å². The summed E-state index contributed by atoms with van der Waals surface area (Å²) < 4.78 is 52.7. The zero-order chi connectivity index (χ0) is 38.4. The predicted octanol–water partition coefficient (Wildman–Crippen LogP) is 11.2. The fourth-order valence-corrected chi connectivity index (χ4v) is 44.7. The third kappa shape index (κ3) is 8.97. The van der Waals surface area contributed by atoms with E-state index < -0.39 is 59.9 Å². The molecule has 1 fully saturated rings. The molecule has 0 bridgehead atoms. The molecule has 0 N–H and O–H groups in total. The lowest BCUT2D eigenvalue weighted by Crippen LogP contribution is -2.71. The van der Waals surface area contributed by atoms with Crippen molar-refractivity contribution in [3.63, 3.8) is 0 Å². The zero-order valence-electron chi connectivity index (χ0n) is 33.4. The highest BCUT2D eigenvalue weighted by Gasteiger charge is 2.64. The topological polar surface area (TPSA) is 64.6 Å². The van der Waals surface area contributed by atoms with Crippen molar-refractivity contribution in [3.8, 4) is 0 Å². The highest BCUT2D eigenvalue weighted by atomic mass is 28.5. The van der Waals surface area contributed by atoms with Gasteiger partial charge in [0.15, 0.2) is 0 Å². The van der Waals surface area contributed by atoms with Crippen LogP contribution >= 0.6 is 0 Å². The molecule has 0 saturated carbocycles. The van der Waals surface area contributed by atoms with Gasteiger partial charge < -0.3 is 28.8 Å². The molecule has 1 heterocycles. The Hall–Kier alpha value is -0.582. The fourth-order valence-electron chi connectivity index (χ4n) is 5.77. The summed E-state index contributed by atoms with van der Waals surface area (Å²) in [5.41, 5.74) is 12.7. The molecule has 7 nitrogen and oxygen atoms in total. The van der Waals surface area contributed by atoms with E-state index in [4.69, 9.17) is 28.8 Å². The van der Waals surface area contributed by atoms with E-state index in [9.17, 15) is 0 Å². The van der Waals surface area contributed by atoms with Gasteiger partial charge in [-0.05, 0) is 38.8 Å². The van der Waals surface area contributed by atoms with E-state index in [2.05, 4.69) is 143 Å². The molecule has 0 radical (unpaired) electrons. The maximum atomic E-state index is 7.53. The van der Waals surface area contributed by atoms with Gasteiger partial charge in [-0.2, -0.15) is 0 Å². The summed E-state index contributed by atoms with van der Waals surface area (Å²) in [7, 11) is -23.9. The Kier molecular flexibility index (Phi) is 16.6. The molecule has 0 aromatic rings. The minimum Gasteiger partial charge on any atom is -0.409 e. The van der Waals surface area contributed by atoms with Crippen LogP contribution in [0.1, 0.15) is 96.9 Å². The predicted molar refractivity (Wildman–Crippen MR) is 225 cm³/mol. The summed E-state index contributed by atoms with van der Waals surface area (Å²) in [5, 5.41) is 0. The van der Waals surface area contributed by atoms with Gasteiger partial charge in [-0.15, -0.1) is 46.1 Å². The second-order valence-electron chi connectivity index (χ2n) is 15.3. The smallest absolute Gasteiger partial charge is 0.349 e. The molecular formula is C35H70O7Si7. The number of rotatable bonds is 14. The Morgan fingerprint density at radius 3 is 0.367 bits per heavy atom. The van der Waals surface area contributed by atoms with Crippen LogP contribution in [-0.4, -0.2) is 59.9 Å². The van der Waals surface area contributed by atoms with Gasteiger partial charge in [0.05, 0.1) is 0 Å². The number of hydrogen-bond donors (Lipinski definition) is 0. The summed E-state index contributed by atoms with van der Waals surface area (Å²) in [6.07, 6.45) is 0. The van der Waals surface area contributed by atoms with Crippen LogP contribution in [0.4, 0.5) is 0 Å². The van der Waals surface area contributed by atoms with Crippen LogP contribution in [0.2, 0.25) is 38.8 Å². The second-order valence-corrected chi connectivity index (χ2v) is 42.0. The van der Waals surface area contributed by atoms with E-state index in [0.29, 0.717) is 0 Å². The molecule has 0 amide bonds. The van der Waals surface area contributed by atoms with Crippen LogP contribution in [0.15, 0.2) is 85.9 Å². The highest BCUT2D eigenvalue weighted by Crippen LogP contribution is 2.47. The van der Waals surface area contributed by atoms with Crippen LogP contribution in [-0.2, 0) is 28.8 Å². The van der Waals surface area contributed by atoms with Crippen LogP contribution in [0.3, 0.4) is 0 Å². The Morgan fingerprint density at radius 2 is 0.327 bits per heavy atom. The van der Waals surface area contributed by atoms with E-state index >= 15 is 0 Å². The maximum Gasteiger partial charge on any atom is 0.349 e. The van der Waals surface area contributed by atoms with Crippen molar-refractivity contribution in [3.05, 3.63) is 85.9 Å². The summed E-state index contributed by atoms with van der Waals surface area (Å²) in [4.78, 5) is 0. The van der Waals surface area contributed by atoms with Crippen LogP contribution < -0.4 is 0 Å². The van der Waals surface area contributed by atoms with Gasteiger partial charge in [-0.25, -0.2) is 0 Å². The lowest BCUT2D eigenvalue weighted by atomic mass is 10.6. The molecule has 0 aromatic heterocycles. The first-order valence-electron chi connectivity index (χ1n) is 17.8. The SMILES string of the molecule is C=C[Si]1(C(C)C)O[Si](C=C)(C(C)C)O[Si](C=C)(C(C)C)O[Si](C=C)(C(C)C)O[Si](C=C)(C(C)C)O[Si](C=C)(C(C)C)O[Si](C=C)(C(C)C)O1. The van der Waals surface area contributed by atoms with Gasteiger partial charge in [0.2, 0.25) is 0 Å². The van der Waals surface area contributed by atoms with Crippen molar-refractivity contribution in [2.45, 2.75) is 136 Å². The van der Waals surface area contributed by atoms with Gasteiger partial charge >= 0.3 is 59.9 Å². The fraction of sp³-hybridized carbons (Fsp3) is 0.600. The molecular weight excluding hydrogens is 729 g/mol. The molecule has 0 spiro atoms. The summed E-state index contributed by atoms with van der Waals surface area (Å²) >= 11 is 0. The molecule has 280 valence electrons. The van der Waals surface area contributed by atoms with Crippen LogP contribution in [0.25, 0.3) is 0 Å². The molecule has 0 unspecified atom stereocenters. The molecule has 1 saturated heterocycles. The quantitative estimate of drug-likeness (QED) is 0.162. The van der Waals surface area contributed by atoms with Crippen molar-refractivity contribution in [2.75, 3.05) is 0 Å². The Bertz CT molecular complexity index is 929.